The number of rotatable bonds is 6. The first-order valence-electron chi connectivity index (χ1n) is 12.8. The Morgan fingerprint density at radius 3 is 2.50 bits per heavy atom. The quantitative estimate of drug-likeness (QED) is 0.643. The van der Waals surface area contributed by atoms with Crippen LogP contribution in [-0.2, 0) is 4.74 Å². The van der Waals surface area contributed by atoms with Gasteiger partial charge >= 0.3 is 6.09 Å². The van der Waals surface area contributed by atoms with Gasteiger partial charge in [-0.1, -0.05) is 0 Å². The maximum Gasteiger partial charge on any atom is 0.410 e. The number of aromatic nitrogens is 2. The molecule has 1 aromatic carbocycles. The molecule has 194 valence electrons. The van der Waals surface area contributed by atoms with E-state index in [2.05, 4.69) is 9.97 Å². The Balaban J connectivity index is 1.12. The molecular weight excluding hydrogens is 468 g/mol. The first kappa shape index (κ1) is 24.7. The van der Waals surface area contributed by atoms with Crippen molar-refractivity contribution in [3.63, 3.8) is 0 Å². The minimum atomic E-state index is -0.483. The van der Waals surface area contributed by atoms with E-state index in [9.17, 15) is 13.6 Å². The van der Waals surface area contributed by atoms with Crippen molar-refractivity contribution in [2.45, 2.75) is 63.2 Å². The van der Waals surface area contributed by atoms with Crippen molar-refractivity contribution in [1.29, 1.82) is 0 Å². The molecule has 2 aromatic rings. The molecule has 3 aliphatic rings. The minimum Gasteiger partial charge on any atom is -0.487 e. The second-order valence-corrected chi connectivity index (χ2v) is 10.1. The zero-order valence-electron chi connectivity index (χ0n) is 20.5. The molecule has 0 radical (unpaired) electrons. The molecule has 1 aliphatic carbocycles. The molecule has 8 nitrogen and oxygen atoms in total. The number of anilines is 1. The molecule has 3 heterocycles. The molecule has 2 aliphatic heterocycles. The fourth-order valence-electron chi connectivity index (χ4n) is 5.22. The van der Waals surface area contributed by atoms with Crippen LogP contribution in [0.15, 0.2) is 30.6 Å². The summed E-state index contributed by atoms with van der Waals surface area (Å²) in [6.45, 7) is 4.21. The number of benzene rings is 1. The van der Waals surface area contributed by atoms with Crippen molar-refractivity contribution in [2.24, 2.45) is 11.7 Å². The third kappa shape index (κ3) is 5.38. The SMILES string of the molecule is CC(Oc1cnc(N2CC(N)C(c3cc(F)ccc3F)C2)nc1)C1CCN(C(=O)OC2CCC2)CC1. The Hall–Kier alpha value is -3.01. The summed E-state index contributed by atoms with van der Waals surface area (Å²) in [6, 6.07) is 3.09. The number of nitrogens with two attached hydrogens (primary N) is 1. The maximum absolute atomic E-state index is 14.3. The molecule has 36 heavy (non-hydrogen) atoms. The van der Waals surface area contributed by atoms with Gasteiger partial charge in [-0.2, -0.15) is 0 Å². The largest absolute Gasteiger partial charge is 0.487 e. The zero-order chi connectivity index (χ0) is 25.2. The lowest BCUT2D eigenvalue weighted by atomic mass is 9.92. The number of halogens is 2. The third-order valence-electron chi connectivity index (χ3n) is 7.72. The van der Waals surface area contributed by atoms with Gasteiger partial charge in [-0.3, -0.25) is 0 Å². The lowest BCUT2D eigenvalue weighted by molar-refractivity contribution is 0.0144. The van der Waals surface area contributed by atoms with Crippen molar-refractivity contribution in [2.75, 3.05) is 31.1 Å². The monoisotopic (exact) mass is 501 g/mol. The topological polar surface area (TPSA) is 93.8 Å². The van der Waals surface area contributed by atoms with Crippen LogP contribution in [0, 0.1) is 17.6 Å². The van der Waals surface area contributed by atoms with Gasteiger partial charge in [0.1, 0.15) is 17.7 Å². The fraction of sp³-hybridized carbons (Fsp3) is 0.577. The van der Waals surface area contributed by atoms with Crippen LogP contribution in [0.25, 0.3) is 0 Å². The number of piperidine rings is 1. The van der Waals surface area contributed by atoms with E-state index >= 15 is 0 Å². The minimum absolute atomic E-state index is 0.0511. The highest BCUT2D eigenvalue weighted by atomic mass is 19.1. The van der Waals surface area contributed by atoms with Gasteiger partial charge in [-0.15, -0.1) is 0 Å². The molecule has 1 aromatic heterocycles. The van der Waals surface area contributed by atoms with E-state index in [1.807, 2.05) is 11.8 Å². The molecule has 1 amide bonds. The number of hydrogen-bond donors (Lipinski definition) is 1. The summed E-state index contributed by atoms with van der Waals surface area (Å²) in [7, 11) is 0. The van der Waals surface area contributed by atoms with Gasteiger partial charge in [-0.05, 0) is 68.7 Å². The number of carbonyl (C=O) groups excluding carboxylic acids is 1. The van der Waals surface area contributed by atoms with E-state index in [4.69, 9.17) is 15.2 Å². The number of ether oxygens (including phenoxy) is 2. The van der Waals surface area contributed by atoms with Gasteiger partial charge in [0.05, 0.1) is 18.5 Å². The van der Waals surface area contributed by atoms with E-state index in [-0.39, 0.29) is 35.8 Å². The molecule has 3 fully saturated rings. The Labute approximate surface area is 209 Å². The van der Waals surface area contributed by atoms with Crippen LogP contribution >= 0.6 is 0 Å². The molecule has 0 spiro atoms. The normalized spacial score (nSPS) is 23.9. The first-order chi connectivity index (χ1) is 17.4. The highest BCUT2D eigenvalue weighted by Gasteiger charge is 2.35. The average molecular weight is 502 g/mol. The van der Waals surface area contributed by atoms with Gasteiger partial charge in [-0.25, -0.2) is 23.5 Å². The molecule has 10 heteroatoms. The van der Waals surface area contributed by atoms with E-state index in [0.29, 0.717) is 43.8 Å². The van der Waals surface area contributed by atoms with Crippen molar-refractivity contribution in [3.05, 3.63) is 47.8 Å². The maximum atomic E-state index is 14.3. The Bertz CT molecular complexity index is 1060. The highest BCUT2D eigenvalue weighted by Crippen LogP contribution is 2.31. The molecule has 1 saturated carbocycles. The molecule has 3 atom stereocenters. The molecule has 2 N–H and O–H groups in total. The first-order valence-corrected chi connectivity index (χ1v) is 12.8. The van der Waals surface area contributed by atoms with Crippen molar-refractivity contribution < 1.29 is 23.0 Å². The highest BCUT2D eigenvalue weighted by molar-refractivity contribution is 5.68. The van der Waals surface area contributed by atoms with Gasteiger partial charge in [0.15, 0.2) is 5.75 Å². The standard InChI is InChI=1S/C26H33F2N5O3/c1-16(17-7-9-32(10-8-17)26(34)36-19-3-2-4-19)35-20-12-30-25(31-13-20)33-14-22(24(29)15-33)21-11-18(27)5-6-23(21)28/h5-6,11-13,16-17,19,22,24H,2-4,7-10,14-15,29H2,1H3. The fourth-order valence-corrected chi connectivity index (χ4v) is 5.22. The van der Waals surface area contributed by atoms with Crippen LogP contribution in [0.3, 0.4) is 0 Å². The Kier molecular flexibility index (Phi) is 7.22. The summed E-state index contributed by atoms with van der Waals surface area (Å²) < 4.78 is 39.5. The van der Waals surface area contributed by atoms with Crippen molar-refractivity contribution in [1.82, 2.24) is 14.9 Å². The van der Waals surface area contributed by atoms with Gasteiger partial charge in [0.2, 0.25) is 5.95 Å². The van der Waals surface area contributed by atoms with Crippen LogP contribution < -0.4 is 15.4 Å². The average Bonchev–Trinajstić information content (AvgIpc) is 3.24. The Morgan fingerprint density at radius 1 is 1.11 bits per heavy atom. The lowest BCUT2D eigenvalue weighted by Crippen LogP contribution is -2.43. The molecular formula is C26H33F2N5O3. The van der Waals surface area contributed by atoms with Crippen molar-refractivity contribution in [3.8, 4) is 5.75 Å². The molecule has 2 saturated heterocycles. The number of likely N-dealkylation sites (tertiary alicyclic amines) is 1. The van der Waals surface area contributed by atoms with Crippen LogP contribution in [-0.4, -0.2) is 65.4 Å². The van der Waals surface area contributed by atoms with Crippen LogP contribution in [0.4, 0.5) is 19.5 Å². The van der Waals surface area contributed by atoms with Crippen molar-refractivity contribution >= 4 is 12.0 Å². The van der Waals surface area contributed by atoms with E-state index in [1.54, 1.807) is 17.3 Å². The van der Waals surface area contributed by atoms with Gasteiger partial charge < -0.3 is 25.0 Å². The summed E-state index contributed by atoms with van der Waals surface area (Å²) in [5, 5.41) is 0. The molecule has 5 rings (SSSR count). The summed E-state index contributed by atoms with van der Waals surface area (Å²) in [5.41, 5.74) is 6.53. The van der Waals surface area contributed by atoms with E-state index in [0.717, 1.165) is 44.2 Å². The zero-order valence-corrected chi connectivity index (χ0v) is 20.5. The van der Waals surface area contributed by atoms with Gasteiger partial charge in [0, 0.05) is 38.1 Å². The Morgan fingerprint density at radius 2 is 1.83 bits per heavy atom. The number of hydrogen-bond acceptors (Lipinski definition) is 7. The summed E-state index contributed by atoms with van der Waals surface area (Å²) >= 11 is 0. The number of amides is 1. The van der Waals surface area contributed by atoms with E-state index in [1.165, 1.54) is 6.07 Å². The van der Waals surface area contributed by atoms with Crippen LogP contribution in [0.5, 0.6) is 5.75 Å². The third-order valence-corrected chi connectivity index (χ3v) is 7.72. The lowest BCUT2D eigenvalue weighted by Gasteiger charge is -2.36. The van der Waals surface area contributed by atoms with E-state index < -0.39 is 11.6 Å². The second-order valence-electron chi connectivity index (χ2n) is 10.1. The molecule has 0 bridgehead atoms. The summed E-state index contributed by atoms with van der Waals surface area (Å²) in [4.78, 5) is 24.8. The number of carbonyl (C=O) groups is 1. The van der Waals surface area contributed by atoms with Crippen LogP contribution in [0.2, 0.25) is 0 Å². The predicted molar refractivity (Wildman–Crippen MR) is 130 cm³/mol. The molecule has 3 unspecified atom stereocenters. The second kappa shape index (κ2) is 10.5. The smallest absolute Gasteiger partial charge is 0.410 e. The summed E-state index contributed by atoms with van der Waals surface area (Å²) in [5.74, 6) is 0.0621. The summed E-state index contributed by atoms with van der Waals surface area (Å²) in [6.07, 6.45) is 7.91. The predicted octanol–water partition coefficient (Wildman–Crippen LogP) is 3.85. The van der Waals surface area contributed by atoms with Gasteiger partial charge in [0.25, 0.3) is 0 Å². The number of nitrogens with zero attached hydrogens (tertiary/aromatic N) is 4. The van der Waals surface area contributed by atoms with Crippen LogP contribution in [0.1, 0.15) is 50.5 Å².